The number of phenolic OH excluding ortho intramolecular Hbond substituents is 1. The second-order valence-corrected chi connectivity index (χ2v) is 4.68. The Labute approximate surface area is 83.7 Å². The fraction of sp³-hybridized carbons (Fsp3) is 0.500. The van der Waals surface area contributed by atoms with Crippen molar-refractivity contribution in [2.45, 2.75) is 30.7 Å². The lowest BCUT2D eigenvalue weighted by Crippen LogP contribution is -2.20. The number of benzene rings is 1. The zero-order valence-corrected chi connectivity index (χ0v) is 8.11. The number of aromatic hydroxyl groups is 1. The minimum absolute atomic E-state index is 0.221. The van der Waals surface area contributed by atoms with E-state index in [1.807, 2.05) is 12.1 Å². The molecule has 0 aromatic heterocycles. The van der Waals surface area contributed by atoms with Crippen molar-refractivity contribution in [1.82, 2.24) is 0 Å². The fourth-order valence-electron chi connectivity index (χ4n) is 2.74. The van der Waals surface area contributed by atoms with Crippen LogP contribution in [0.25, 0.3) is 0 Å². The molecule has 0 spiro atoms. The Morgan fingerprint density at radius 3 is 2.57 bits per heavy atom. The van der Waals surface area contributed by atoms with Crippen molar-refractivity contribution < 1.29 is 5.11 Å². The summed E-state index contributed by atoms with van der Waals surface area (Å²) in [6, 6.07) is 7.94. The van der Waals surface area contributed by atoms with E-state index in [0.29, 0.717) is 11.8 Å². The summed E-state index contributed by atoms with van der Waals surface area (Å²) in [5, 5.41) is 9.45. The molecule has 2 aliphatic rings. The first kappa shape index (κ1) is 8.30. The molecule has 0 bridgehead atoms. The van der Waals surface area contributed by atoms with Crippen molar-refractivity contribution in [3.05, 3.63) is 29.8 Å². The predicted molar refractivity (Wildman–Crippen MR) is 55.1 cm³/mol. The van der Waals surface area contributed by atoms with E-state index in [1.165, 1.54) is 18.4 Å². The molecule has 0 amide bonds. The quantitative estimate of drug-likeness (QED) is 0.744. The third-order valence-electron chi connectivity index (χ3n) is 3.75. The summed E-state index contributed by atoms with van der Waals surface area (Å²) in [5.41, 5.74) is 7.51. The maximum absolute atomic E-state index is 9.45. The van der Waals surface area contributed by atoms with Crippen molar-refractivity contribution in [3.8, 4) is 5.75 Å². The average molecular weight is 189 g/mol. The number of hydrogen-bond donors (Lipinski definition) is 2. The Kier molecular flexibility index (Phi) is 1.49. The molecular formula is C12H15NO. The van der Waals surface area contributed by atoms with E-state index < -0.39 is 0 Å². The number of hydrogen-bond acceptors (Lipinski definition) is 2. The summed E-state index contributed by atoms with van der Waals surface area (Å²) < 4.78 is 0. The molecule has 14 heavy (non-hydrogen) atoms. The molecule has 1 aromatic rings. The van der Waals surface area contributed by atoms with Crippen molar-refractivity contribution in [2.24, 2.45) is 11.7 Å². The van der Waals surface area contributed by atoms with E-state index in [-0.39, 0.29) is 5.41 Å². The van der Waals surface area contributed by atoms with E-state index in [9.17, 15) is 5.11 Å². The molecule has 0 aliphatic heterocycles. The molecular weight excluding hydrogens is 174 g/mol. The van der Waals surface area contributed by atoms with Crippen LogP contribution in [0.4, 0.5) is 0 Å². The standard InChI is InChI=1S/C12H15NO/c13-11-7-12(11,8-4-5-8)9-2-1-3-10(14)6-9/h1-3,6,8,11,14H,4-5,7,13H2/t11-,12?/m1/s1. The van der Waals surface area contributed by atoms with E-state index in [4.69, 9.17) is 5.73 Å². The van der Waals surface area contributed by atoms with Gasteiger partial charge in [-0.05, 0) is 42.9 Å². The largest absolute Gasteiger partial charge is 0.508 e. The van der Waals surface area contributed by atoms with Crippen LogP contribution in [-0.4, -0.2) is 11.1 Å². The summed E-state index contributed by atoms with van der Waals surface area (Å²) in [5.74, 6) is 1.14. The first-order valence-electron chi connectivity index (χ1n) is 5.28. The third kappa shape index (κ3) is 1.01. The van der Waals surface area contributed by atoms with Crippen molar-refractivity contribution in [3.63, 3.8) is 0 Å². The van der Waals surface area contributed by atoms with Crippen molar-refractivity contribution in [1.29, 1.82) is 0 Å². The van der Waals surface area contributed by atoms with Gasteiger partial charge in [0.05, 0.1) is 0 Å². The molecule has 1 aromatic carbocycles. The van der Waals surface area contributed by atoms with E-state index in [0.717, 1.165) is 12.3 Å². The monoisotopic (exact) mass is 189 g/mol. The van der Waals surface area contributed by atoms with Gasteiger partial charge in [0.1, 0.15) is 5.75 Å². The molecule has 3 N–H and O–H groups in total. The minimum Gasteiger partial charge on any atom is -0.508 e. The van der Waals surface area contributed by atoms with Crippen LogP contribution in [0.2, 0.25) is 0 Å². The molecule has 2 saturated carbocycles. The second-order valence-electron chi connectivity index (χ2n) is 4.68. The third-order valence-corrected chi connectivity index (χ3v) is 3.75. The summed E-state index contributed by atoms with van der Waals surface area (Å²) in [6.45, 7) is 0. The fourth-order valence-corrected chi connectivity index (χ4v) is 2.74. The molecule has 2 nitrogen and oxygen atoms in total. The van der Waals surface area contributed by atoms with Gasteiger partial charge in [0.25, 0.3) is 0 Å². The van der Waals surface area contributed by atoms with Crippen molar-refractivity contribution >= 4 is 0 Å². The lowest BCUT2D eigenvalue weighted by molar-refractivity contribution is 0.471. The number of phenols is 1. The average Bonchev–Trinajstić information content (AvgIpc) is 2.98. The smallest absolute Gasteiger partial charge is 0.115 e. The summed E-state index contributed by atoms with van der Waals surface area (Å²) in [6.07, 6.45) is 3.72. The van der Waals surface area contributed by atoms with Gasteiger partial charge in [-0.15, -0.1) is 0 Å². The highest BCUT2D eigenvalue weighted by atomic mass is 16.3. The topological polar surface area (TPSA) is 46.2 Å². The molecule has 1 unspecified atom stereocenters. The van der Waals surface area contributed by atoms with Gasteiger partial charge in [0.2, 0.25) is 0 Å². The highest BCUT2D eigenvalue weighted by molar-refractivity contribution is 5.42. The first-order chi connectivity index (χ1) is 6.73. The summed E-state index contributed by atoms with van der Waals surface area (Å²) in [4.78, 5) is 0. The van der Waals surface area contributed by atoms with Crippen LogP contribution >= 0.6 is 0 Å². The maximum Gasteiger partial charge on any atom is 0.115 e. The van der Waals surface area contributed by atoms with Gasteiger partial charge in [-0.1, -0.05) is 12.1 Å². The van der Waals surface area contributed by atoms with E-state index in [2.05, 4.69) is 6.07 Å². The van der Waals surface area contributed by atoms with Gasteiger partial charge in [0, 0.05) is 11.5 Å². The van der Waals surface area contributed by atoms with Crippen LogP contribution in [0, 0.1) is 5.92 Å². The zero-order valence-electron chi connectivity index (χ0n) is 8.11. The van der Waals surface area contributed by atoms with Gasteiger partial charge < -0.3 is 10.8 Å². The first-order valence-corrected chi connectivity index (χ1v) is 5.28. The maximum atomic E-state index is 9.45. The molecule has 74 valence electrons. The van der Waals surface area contributed by atoms with Gasteiger partial charge in [-0.3, -0.25) is 0 Å². The summed E-state index contributed by atoms with van der Waals surface area (Å²) >= 11 is 0. The Hall–Kier alpha value is -1.02. The molecule has 2 atom stereocenters. The van der Waals surface area contributed by atoms with Crippen LogP contribution in [0.5, 0.6) is 5.75 Å². The lowest BCUT2D eigenvalue weighted by atomic mass is 9.90. The van der Waals surface area contributed by atoms with Crippen LogP contribution in [-0.2, 0) is 5.41 Å². The van der Waals surface area contributed by atoms with Crippen LogP contribution < -0.4 is 5.73 Å². The molecule has 0 heterocycles. The lowest BCUT2D eigenvalue weighted by Gasteiger charge is -2.16. The number of rotatable bonds is 2. The highest BCUT2D eigenvalue weighted by Gasteiger charge is 2.61. The van der Waals surface area contributed by atoms with Gasteiger partial charge in [-0.25, -0.2) is 0 Å². The van der Waals surface area contributed by atoms with Crippen molar-refractivity contribution in [2.75, 3.05) is 0 Å². The van der Waals surface area contributed by atoms with E-state index in [1.54, 1.807) is 6.07 Å². The van der Waals surface area contributed by atoms with Gasteiger partial charge in [-0.2, -0.15) is 0 Å². The highest BCUT2D eigenvalue weighted by Crippen LogP contribution is 2.61. The zero-order chi connectivity index (χ0) is 9.76. The van der Waals surface area contributed by atoms with E-state index >= 15 is 0 Å². The summed E-state index contributed by atoms with van der Waals surface area (Å²) in [7, 11) is 0. The Balaban J connectivity index is 2.01. The Bertz CT molecular complexity index is 372. The SMILES string of the molecule is N[C@@H]1CC1(c1cccc(O)c1)C1CC1. The van der Waals surface area contributed by atoms with Gasteiger partial charge >= 0.3 is 0 Å². The molecule has 2 heteroatoms. The predicted octanol–water partition coefficient (Wildman–Crippen LogP) is 1.77. The van der Waals surface area contributed by atoms with Gasteiger partial charge in [0.15, 0.2) is 0 Å². The molecule has 0 radical (unpaired) electrons. The van der Waals surface area contributed by atoms with Crippen LogP contribution in [0.3, 0.4) is 0 Å². The molecule has 0 saturated heterocycles. The molecule has 2 fully saturated rings. The Morgan fingerprint density at radius 2 is 2.07 bits per heavy atom. The normalized spacial score (nSPS) is 35.6. The second kappa shape index (κ2) is 2.51. The van der Waals surface area contributed by atoms with Crippen LogP contribution in [0.1, 0.15) is 24.8 Å². The number of nitrogens with two attached hydrogens (primary N) is 1. The molecule has 2 aliphatic carbocycles. The molecule has 3 rings (SSSR count). The Morgan fingerprint density at radius 1 is 1.36 bits per heavy atom. The minimum atomic E-state index is 0.221. The van der Waals surface area contributed by atoms with Crippen LogP contribution in [0.15, 0.2) is 24.3 Å².